The van der Waals surface area contributed by atoms with E-state index in [1.54, 1.807) is 24.3 Å². The van der Waals surface area contributed by atoms with Crippen molar-refractivity contribution in [2.45, 2.75) is 51.1 Å². The summed E-state index contributed by atoms with van der Waals surface area (Å²) in [5.41, 5.74) is 1.22. The summed E-state index contributed by atoms with van der Waals surface area (Å²) < 4.78 is 0. The van der Waals surface area contributed by atoms with Gasteiger partial charge in [0.15, 0.2) is 0 Å². The Hall–Kier alpha value is -1.86. The summed E-state index contributed by atoms with van der Waals surface area (Å²) in [5.74, 6) is -0.0503. The van der Waals surface area contributed by atoms with Gasteiger partial charge in [0, 0.05) is 11.7 Å². The van der Waals surface area contributed by atoms with Crippen molar-refractivity contribution in [3.8, 4) is 6.07 Å². The fourth-order valence-electron chi connectivity index (χ4n) is 2.62. The summed E-state index contributed by atoms with van der Waals surface area (Å²) >= 11 is 0. The van der Waals surface area contributed by atoms with E-state index in [0.29, 0.717) is 17.3 Å². The molecule has 0 aromatic heterocycles. The fraction of sp³-hybridized carbons (Fsp3) is 0.500. The van der Waals surface area contributed by atoms with Crippen LogP contribution in [0.2, 0.25) is 0 Å². The zero-order valence-electron chi connectivity index (χ0n) is 11.9. The summed E-state index contributed by atoms with van der Waals surface area (Å²) in [6.07, 6.45) is 6.11. The van der Waals surface area contributed by atoms with Crippen LogP contribution in [0.5, 0.6) is 0 Å². The van der Waals surface area contributed by atoms with Crippen LogP contribution in [-0.2, 0) is 4.79 Å². The lowest BCUT2D eigenvalue weighted by molar-refractivity contribution is -0.118. The lowest BCUT2D eigenvalue weighted by Gasteiger charge is -2.26. The first-order valence-electron chi connectivity index (χ1n) is 7.26. The molecule has 1 atom stereocenters. The molecule has 0 bridgehead atoms. The van der Waals surface area contributed by atoms with E-state index < -0.39 is 0 Å². The molecule has 20 heavy (non-hydrogen) atoms. The van der Waals surface area contributed by atoms with Gasteiger partial charge in [-0.1, -0.05) is 25.3 Å². The molecule has 1 fully saturated rings. The highest BCUT2D eigenvalue weighted by Gasteiger charge is 2.19. The summed E-state index contributed by atoms with van der Waals surface area (Å²) in [6, 6.07) is 9.28. The minimum Gasteiger partial charge on any atom is -0.325 e. The SMILES string of the molecule is CC(NC1CCCCC1)C(=O)Nc1cccc(C#N)c1. The van der Waals surface area contributed by atoms with E-state index in [2.05, 4.69) is 16.7 Å². The summed E-state index contributed by atoms with van der Waals surface area (Å²) in [4.78, 5) is 12.1. The third-order valence-electron chi connectivity index (χ3n) is 3.74. The Morgan fingerprint density at radius 1 is 1.35 bits per heavy atom. The first-order chi connectivity index (χ1) is 9.69. The van der Waals surface area contributed by atoms with Gasteiger partial charge in [0.1, 0.15) is 0 Å². The molecule has 0 saturated heterocycles. The second-order valence-corrected chi connectivity index (χ2v) is 5.41. The van der Waals surface area contributed by atoms with E-state index in [4.69, 9.17) is 5.26 Å². The van der Waals surface area contributed by atoms with Crippen molar-refractivity contribution in [1.82, 2.24) is 5.32 Å². The first kappa shape index (κ1) is 14.5. The molecule has 106 valence electrons. The molecule has 1 saturated carbocycles. The molecule has 1 amide bonds. The molecule has 2 rings (SSSR count). The minimum atomic E-state index is -0.219. The van der Waals surface area contributed by atoms with Crippen molar-refractivity contribution < 1.29 is 4.79 Å². The number of nitrogens with one attached hydrogen (secondary N) is 2. The van der Waals surface area contributed by atoms with Crippen molar-refractivity contribution in [1.29, 1.82) is 5.26 Å². The van der Waals surface area contributed by atoms with Gasteiger partial charge < -0.3 is 10.6 Å². The van der Waals surface area contributed by atoms with E-state index in [-0.39, 0.29) is 11.9 Å². The third kappa shape index (κ3) is 4.07. The molecular formula is C16H21N3O. The van der Waals surface area contributed by atoms with E-state index in [1.165, 1.54) is 19.3 Å². The number of rotatable bonds is 4. The van der Waals surface area contributed by atoms with Crippen molar-refractivity contribution in [3.05, 3.63) is 29.8 Å². The number of anilines is 1. The molecule has 4 nitrogen and oxygen atoms in total. The maximum Gasteiger partial charge on any atom is 0.241 e. The molecule has 1 aliphatic carbocycles. The van der Waals surface area contributed by atoms with Crippen molar-refractivity contribution >= 4 is 11.6 Å². The van der Waals surface area contributed by atoms with E-state index in [0.717, 1.165) is 12.8 Å². The lowest BCUT2D eigenvalue weighted by Crippen LogP contribution is -2.44. The predicted molar refractivity (Wildman–Crippen MR) is 79.3 cm³/mol. The number of nitriles is 1. The Kier molecular flexibility index (Phi) is 5.14. The Morgan fingerprint density at radius 2 is 2.10 bits per heavy atom. The second kappa shape index (κ2) is 7.06. The molecule has 0 heterocycles. The number of carbonyl (C=O) groups excluding carboxylic acids is 1. The van der Waals surface area contributed by atoms with Crippen LogP contribution >= 0.6 is 0 Å². The lowest BCUT2D eigenvalue weighted by atomic mass is 9.95. The third-order valence-corrected chi connectivity index (χ3v) is 3.74. The van der Waals surface area contributed by atoms with Gasteiger partial charge in [-0.05, 0) is 38.0 Å². The number of nitrogens with zero attached hydrogens (tertiary/aromatic N) is 1. The van der Waals surface area contributed by atoms with Crippen LogP contribution in [-0.4, -0.2) is 18.0 Å². The Morgan fingerprint density at radius 3 is 2.80 bits per heavy atom. The minimum absolute atomic E-state index is 0.0503. The highest BCUT2D eigenvalue weighted by atomic mass is 16.2. The zero-order chi connectivity index (χ0) is 14.4. The Balaban J connectivity index is 1.88. The highest BCUT2D eigenvalue weighted by Crippen LogP contribution is 2.18. The zero-order valence-corrected chi connectivity index (χ0v) is 11.9. The first-order valence-corrected chi connectivity index (χ1v) is 7.26. The average Bonchev–Trinajstić information content (AvgIpc) is 2.48. The van der Waals surface area contributed by atoms with Crippen LogP contribution in [0.15, 0.2) is 24.3 Å². The fourth-order valence-corrected chi connectivity index (χ4v) is 2.62. The van der Waals surface area contributed by atoms with E-state index in [9.17, 15) is 4.79 Å². The van der Waals surface area contributed by atoms with Crippen molar-refractivity contribution in [2.75, 3.05) is 5.32 Å². The maximum absolute atomic E-state index is 12.1. The molecular weight excluding hydrogens is 250 g/mol. The van der Waals surface area contributed by atoms with Crippen LogP contribution in [0.25, 0.3) is 0 Å². The van der Waals surface area contributed by atoms with Gasteiger partial charge in [0.05, 0.1) is 17.7 Å². The Bertz CT molecular complexity index is 501. The average molecular weight is 271 g/mol. The van der Waals surface area contributed by atoms with Crippen LogP contribution in [0, 0.1) is 11.3 Å². The molecule has 0 radical (unpaired) electrons. The number of amides is 1. The summed E-state index contributed by atoms with van der Waals surface area (Å²) in [6.45, 7) is 1.89. The monoisotopic (exact) mass is 271 g/mol. The topological polar surface area (TPSA) is 64.9 Å². The van der Waals surface area contributed by atoms with Crippen LogP contribution < -0.4 is 10.6 Å². The van der Waals surface area contributed by atoms with Crippen LogP contribution in [0.4, 0.5) is 5.69 Å². The number of benzene rings is 1. The van der Waals surface area contributed by atoms with Gasteiger partial charge in [-0.2, -0.15) is 5.26 Å². The van der Waals surface area contributed by atoms with E-state index in [1.807, 2.05) is 6.92 Å². The van der Waals surface area contributed by atoms with E-state index >= 15 is 0 Å². The smallest absolute Gasteiger partial charge is 0.241 e. The normalized spacial score (nSPS) is 17.2. The molecule has 2 N–H and O–H groups in total. The molecule has 0 aliphatic heterocycles. The molecule has 1 aliphatic rings. The van der Waals surface area contributed by atoms with Gasteiger partial charge in [-0.3, -0.25) is 4.79 Å². The van der Waals surface area contributed by atoms with Crippen LogP contribution in [0.1, 0.15) is 44.6 Å². The second-order valence-electron chi connectivity index (χ2n) is 5.41. The van der Waals surface area contributed by atoms with Crippen LogP contribution in [0.3, 0.4) is 0 Å². The Labute approximate surface area is 120 Å². The highest BCUT2D eigenvalue weighted by molar-refractivity contribution is 5.94. The standard InChI is InChI=1S/C16H21N3O/c1-12(18-14-7-3-2-4-8-14)16(20)19-15-9-5-6-13(10-15)11-17/h5-6,9-10,12,14,18H,2-4,7-8H2,1H3,(H,19,20). The summed E-state index contributed by atoms with van der Waals surface area (Å²) in [5, 5.41) is 15.1. The van der Waals surface area contributed by atoms with Crippen molar-refractivity contribution in [3.63, 3.8) is 0 Å². The number of hydrogen-bond donors (Lipinski definition) is 2. The van der Waals surface area contributed by atoms with Gasteiger partial charge in [0.25, 0.3) is 0 Å². The largest absolute Gasteiger partial charge is 0.325 e. The molecule has 1 aromatic rings. The number of carbonyl (C=O) groups is 1. The summed E-state index contributed by atoms with van der Waals surface area (Å²) in [7, 11) is 0. The van der Waals surface area contributed by atoms with Gasteiger partial charge in [-0.15, -0.1) is 0 Å². The molecule has 1 unspecified atom stereocenters. The van der Waals surface area contributed by atoms with Gasteiger partial charge in [-0.25, -0.2) is 0 Å². The molecule has 4 heteroatoms. The predicted octanol–water partition coefficient (Wildman–Crippen LogP) is 2.81. The van der Waals surface area contributed by atoms with Crippen molar-refractivity contribution in [2.24, 2.45) is 0 Å². The van der Waals surface area contributed by atoms with Gasteiger partial charge in [0.2, 0.25) is 5.91 Å². The quantitative estimate of drug-likeness (QED) is 0.885. The number of hydrogen-bond acceptors (Lipinski definition) is 3. The molecule has 0 spiro atoms. The molecule has 1 aromatic carbocycles. The maximum atomic E-state index is 12.1. The van der Waals surface area contributed by atoms with Gasteiger partial charge >= 0.3 is 0 Å².